The van der Waals surface area contributed by atoms with Crippen molar-refractivity contribution in [3.05, 3.63) is 48.0 Å². The summed E-state index contributed by atoms with van der Waals surface area (Å²) in [5, 5.41) is 4.15. The summed E-state index contributed by atoms with van der Waals surface area (Å²) in [5.41, 5.74) is 1.59. The quantitative estimate of drug-likeness (QED) is 0.789. The Balaban J connectivity index is 1.61. The number of aryl methyl sites for hydroxylation is 1. The van der Waals surface area contributed by atoms with Crippen LogP contribution in [0.1, 0.15) is 22.0 Å². The van der Waals surface area contributed by atoms with Gasteiger partial charge in [-0.05, 0) is 11.6 Å². The Hall–Kier alpha value is -2.29. The molecule has 0 aromatic carbocycles. The van der Waals surface area contributed by atoms with E-state index in [1.807, 2.05) is 30.3 Å². The van der Waals surface area contributed by atoms with Crippen LogP contribution in [0.3, 0.4) is 0 Å². The van der Waals surface area contributed by atoms with Gasteiger partial charge in [0.05, 0.1) is 43.7 Å². The summed E-state index contributed by atoms with van der Waals surface area (Å²) < 4.78 is 13.2. The number of aromatic nitrogens is 3. The van der Waals surface area contributed by atoms with E-state index < -0.39 is 0 Å². The third kappa shape index (κ3) is 4.02. The van der Waals surface area contributed by atoms with Gasteiger partial charge in [-0.2, -0.15) is 5.10 Å². The summed E-state index contributed by atoms with van der Waals surface area (Å²) in [6, 6.07) is 3.74. The van der Waals surface area contributed by atoms with Gasteiger partial charge in [0, 0.05) is 51.8 Å². The Morgan fingerprint density at radius 1 is 1.22 bits per heavy atom. The Kier molecular flexibility index (Phi) is 5.47. The highest BCUT2D eigenvalue weighted by Crippen LogP contribution is 2.31. The van der Waals surface area contributed by atoms with Crippen LogP contribution in [0.15, 0.2) is 36.9 Å². The number of hydrogen-bond acceptors (Lipinski definition) is 6. The van der Waals surface area contributed by atoms with E-state index in [2.05, 4.69) is 15.0 Å². The van der Waals surface area contributed by atoms with Crippen LogP contribution in [0.25, 0.3) is 0 Å². The number of ether oxygens (including phenoxy) is 2. The van der Waals surface area contributed by atoms with Crippen molar-refractivity contribution in [2.24, 2.45) is 7.05 Å². The molecule has 4 rings (SSSR count). The molecule has 8 heteroatoms. The molecule has 0 bridgehead atoms. The molecule has 0 unspecified atom stereocenters. The largest absolute Gasteiger partial charge is 0.379 e. The molecule has 2 aromatic heterocycles. The van der Waals surface area contributed by atoms with Gasteiger partial charge >= 0.3 is 0 Å². The summed E-state index contributed by atoms with van der Waals surface area (Å²) in [7, 11) is 1.82. The molecule has 0 spiro atoms. The number of carbonyl (C=O) groups excluding carboxylic acids is 1. The second kappa shape index (κ2) is 8.16. The minimum atomic E-state index is -0.178. The van der Waals surface area contributed by atoms with Crippen LogP contribution in [-0.4, -0.2) is 82.6 Å². The van der Waals surface area contributed by atoms with Gasteiger partial charge in [0.25, 0.3) is 5.91 Å². The van der Waals surface area contributed by atoms with E-state index in [0.29, 0.717) is 18.7 Å². The lowest BCUT2D eigenvalue weighted by molar-refractivity contribution is -0.0819. The van der Waals surface area contributed by atoms with Crippen LogP contribution in [0, 0.1) is 0 Å². The Morgan fingerprint density at radius 3 is 2.78 bits per heavy atom. The molecule has 0 N–H and O–H groups in total. The first-order valence-corrected chi connectivity index (χ1v) is 9.33. The van der Waals surface area contributed by atoms with Crippen LogP contribution in [0.5, 0.6) is 0 Å². The number of nitrogens with zero attached hydrogens (tertiary/aromatic N) is 5. The van der Waals surface area contributed by atoms with Crippen LogP contribution >= 0.6 is 0 Å². The zero-order chi connectivity index (χ0) is 18.6. The van der Waals surface area contributed by atoms with Crippen molar-refractivity contribution in [1.82, 2.24) is 24.6 Å². The first-order valence-electron chi connectivity index (χ1n) is 9.33. The fourth-order valence-electron chi connectivity index (χ4n) is 3.80. The second-order valence-electron chi connectivity index (χ2n) is 6.95. The summed E-state index contributed by atoms with van der Waals surface area (Å²) >= 11 is 0. The minimum absolute atomic E-state index is 0.0211. The highest BCUT2D eigenvalue weighted by atomic mass is 16.5. The zero-order valence-electron chi connectivity index (χ0n) is 15.5. The Labute approximate surface area is 158 Å². The summed E-state index contributed by atoms with van der Waals surface area (Å²) in [4.78, 5) is 21.7. The van der Waals surface area contributed by atoms with Crippen molar-refractivity contribution < 1.29 is 14.3 Å². The molecule has 2 fully saturated rings. The Bertz CT molecular complexity index is 760. The second-order valence-corrected chi connectivity index (χ2v) is 6.95. The molecule has 1 amide bonds. The van der Waals surface area contributed by atoms with Gasteiger partial charge in [-0.1, -0.05) is 6.07 Å². The van der Waals surface area contributed by atoms with E-state index in [-0.39, 0.29) is 18.1 Å². The minimum Gasteiger partial charge on any atom is -0.379 e. The number of pyridine rings is 1. The van der Waals surface area contributed by atoms with Crippen molar-refractivity contribution in [3.8, 4) is 0 Å². The normalized spacial score (nSPS) is 24.1. The first-order chi connectivity index (χ1) is 13.2. The van der Waals surface area contributed by atoms with Crippen LogP contribution in [0.4, 0.5) is 0 Å². The number of hydrogen-bond donors (Lipinski definition) is 0. The lowest BCUT2D eigenvalue weighted by Crippen LogP contribution is -2.53. The molecule has 2 aromatic rings. The maximum Gasteiger partial charge on any atom is 0.257 e. The fraction of sp³-hybridized carbons (Fsp3) is 0.526. The highest BCUT2D eigenvalue weighted by molar-refractivity contribution is 5.94. The lowest BCUT2D eigenvalue weighted by atomic mass is 9.98. The van der Waals surface area contributed by atoms with E-state index in [1.165, 1.54) is 0 Å². The summed E-state index contributed by atoms with van der Waals surface area (Å²) in [5.74, 6) is -0.0211. The third-order valence-electron chi connectivity index (χ3n) is 5.13. The first kappa shape index (κ1) is 18.1. The van der Waals surface area contributed by atoms with E-state index in [0.717, 1.165) is 38.4 Å². The van der Waals surface area contributed by atoms with Gasteiger partial charge in [-0.3, -0.25) is 19.4 Å². The molecule has 2 saturated heterocycles. The van der Waals surface area contributed by atoms with E-state index in [1.54, 1.807) is 23.3 Å². The molecule has 2 aliphatic rings. The molecule has 2 atom stereocenters. The SMILES string of the molecule is Cn1cc(C(=O)N2CCO[C@@H](CN3CCOCC3)[C@@H]2c2cccnc2)cn1. The van der Waals surface area contributed by atoms with Gasteiger partial charge in [0.1, 0.15) is 0 Å². The average Bonchev–Trinajstić information content (AvgIpc) is 3.15. The van der Waals surface area contributed by atoms with E-state index in [4.69, 9.17) is 9.47 Å². The maximum atomic E-state index is 13.2. The van der Waals surface area contributed by atoms with Crippen LogP contribution < -0.4 is 0 Å². The highest BCUT2D eigenvalue weighted by Gasteiger charge is 2.38. The molecule has 2 aliphatic heterocycles. The molecule has 8 nitrogen and oxygen atoms in total. The third-order valence-corrected chi connectivity index (χ3v) is 5.13. The van der Waals surface area contributed by atoms with Crippen molar-refractivity contribution >= 4 is 5.91 Å². The fourth-order valence-corrected chi connectivity index (χ4v) is 3.80. The number of rotatable bonds is 4. The van der Waals surface area contributed by atoms with Gasteiger partial charge < -0.3 is 14.4 Å². The van der Waals surface area contributed by atoms with E-state index >= 15 is 0 Å². The van der Waals surface area contributed by atoms with Crippen molar-refractivity contribution in [2.45, 2.75) is 12.1 Å². The molecule has 0 radical (unpaired) electrons. The number of morpholine rings is 2. The molecule has 27 heavy (non-hydrogen) atoms. The standard InChI is InChI=1S/C19H25N5O3/c1-22-13-16(12-21-22)19(25)24-7-10-27-17(14-23-5-8-26-9-6-23)18(24)15-3-2-4-20-11-15/h2-4,11-13,17-18H,5-10,14H2,1H3/t17-,18-/m0/s1. The van der Waals surface area contributed by atoms with E-state index in [9.17, 15) is 4.79 Å². The van der Waals surface area contributed by atoms with Crippen LogP contribution in [0.2, 0.25) is 0 Å². The molecule has 144 valence electrons. The Morgan fingerprint density at radius 2 is 2.07 bits per heavy atom. The topological polar surface area (TPSA) is 72.7 Å². The average molecular weight is 371 g/mol. The monoisotopic (exact) mass is 371 g/mol. The number of amides is 1. The van der Waals surface area contributed by atoms with Crippen molar-refractivity contribution in [1.29, 1.82) is 0 Å². The lowest BCUT2D eigenvalue weighted by Gasteiger charge is -2.43. The predicted molar refractivity (Wildman–Crippen MR) is 98.2 cm³/mol. The molecular formula is C19H25N5O3. The van der Waals surface area contributed by atoms with Crippen LogP contribution in [-0.2, 0) is 16.5 Å². The molecule has 0 aliphatic carbocycles. The number of carbonyl (C=O) groups is 1. The zero-order valence-corrected chi connectivity index (χ0v) is 15.5. The molecule has 4 heterocycles. The maximum absolute atomic E-state index is 13.2. The molecule has 0 saturated carbocycles. The predicted octanol–water partition coefficient (Wildman–Crippen LogP) is 0.730. The van der Waals surface area contributed by atoms with Gasteiger partial charge in [-0.25, -0.2) is 0 Å². The van der Waals surface area contributed by atoms with Gasteiger partial charge in [0.15, 0.2) is 0 Å². The van der Waals surface area contributed by atoms with Crippen molar-refractivity contribution in [3.63, 3.8) is 0 Å². The smallest absolute Gasteiger partial charge is 0.257 e. The van der Waals surface area contributed by atoms with Gasteiger partial charge in [0.2, 0.25) is 0 Å². The molecular weight excluding hydrogens is 346 g/mol. The summed E-state index contributed by atoms with van der Waals surface area (Å²) in [6.07, 6.45) is 6.85. The van der Waals surface area contributed by atoms with Crippen molar-refractivity contribution in [2.75, 3.05) is 46.0 Å². The van der Waals surface area contributed by atoms with Gasteiger partial charge in [-0.15, -0.1) is 0 Å². The summed E-state index contributed by atoms with van der Waals surface area (Å²) in [6.45, 7) is 5.09.